The molecule has 0 saturated heterocycles. The van der Waals surface area contributed by atoms with Crippen LogP contribution in [0.2, 0.25) is 0 Å². The van der Waals surface area contributed by atoms with Gasteiger partial charge in [0.15, 0.2) is 0 Å². The minimum absolute atomic E-state index is 0.00260. The standard InChI is InChI=1S/C12H10N2O3/c15-12(13-6-1-2-7-13)9-10-4-3-5-11(8-10)14(16)17/h1-8H,9H2. The molecule has 5 nitrogen and oxygen atoms in total. The van der Waals surface area contributed by atoms with Crippen LogP contribution in [0.3, 0.4) is 0 Å². The van der Waals surface area contributed by atoms with E-state index in [1.165, 1.54) is 16.7 Å². The summed E-state index contributed by atoms with van der Waals surface area (Å²) in [5, 5.41) is 10.6. The van der Waals surface area contributed by atoms with E-state index in [2.05, 4.69) is 0 Å². The fourth-order valence-electron chi connectivity index (χ4n) is 1.55. The van der Waals surface area contributed by atoms with Gasteiger partial charge in [0.05, 0.1) is 11.3 Å². The van der Waals surface area contributed by atoms with Gasteiger partial charge in [-0.05, 0) is 17.7 Å². The summed E-state index contributed by atoms with van der Waals surface area (Å²) in [7, 11) is 0. The smallest absolute Gasteiger partial charge is 0.269 e. The van der Waals surface area contributed by atoms with Gasteiger partial charge in [0.1, 0.15) is 0 Å². The van der Waals surface area contributed by atoms with Crippen molar-refractivity contribution < 1.29 is 9.72 Å². The average molecular weight is 230 g/mol. The fourth-order valence-corrected chi connectivity index (χ4v) is 1.55. The van der Waals surface area contributed by atoms with Gasteiger partial charge in [-0.25, -0.2) is 0 Å². The van der Waals surface area contributed by atoms with E-state index in [-0.39, 0.29) is 18.0 Å². The number of carbonyl (C=O) groups is 1. The first-order valence-electron chi connectivity index (χ1n) is 5.06. The maximum absolute atomic E-state index is 11.7. The van der Waals surface area contributed by atoms with Gasteiger partial charge in [0.2, 0.25) is 5.91 Å². The monoisotopic (exact) mass is 230 g/mol. The van der Waals surface area contributed by atoms with Gasteiger partial charge >= 0.3 is 0 Å². The Labute approximate surface area is 97.5 Å². The van der Waals surface area contributed by atoms with Gasteiger partial charge in [0, 0.05) is 24.5 Å². The topological polar surface area (TPSA) is 65.1 Å². The number of nitro benzene ring substituents is 1. The molecule has 86 valence electrons. The normalized spacial score (nSPS) is 10.1. The zero-order chi connectivity index (χ0) is 12.3. The lowest BCUT2D eigenvalue weighted by Crippen LogP contribution is -2.11. The van der Waals surface area contributed by atoms with Crippen molar-refractivity contribution in [3.05, 3.63) is 64.5 Å². The Balaban J connectivity index is 2.16. The molecular weight excluding hydrogens is 220 g/mol. The van der Waals surface area contributed by atoms with E-state index in [4.69, 9.17) is 0 Å². The van der Waals surface area contributed by atoms with Gasteiger partial charge in [0.25, 0.3) is 5.69 Å². The summed E-state index contributed by atoms with van der Waals surface area (Å²) in [4.78, 5) is 21.9. The molecule has 5 heteroatoms. The average Bonchev–Trinajstić information content (AvgIpc) is 2.82. The van der Waals surface area contributed by atoms with E-state index in [1.807, 2.05) is 0 Å². The lowest BCUT2D eigenvalue weighted by atomic mass is 10.1. The van der Waals surface area contributed by atoms with E-state index in [0.29, 0.717) is 5.56 Å². The highest BCUT2D eigenvalue weighted by Crippen LogP contribution is 2.14. The van der Waals surface area contributed by atoms with E-state index in [0.717, 1.165) is 0 Å². The number of nitro groups is 1. The predicted octanol–water partition coefficient (Wildman–Crippen LogP) is 2.28. The second-order valence-corrected chi connectivity index (χ2v) is 3.59. The molecule has 0 radical (unpaired) electrons. The molecule has 0 aliphatic heterocycles. The van der Waals surface area contributed by atoms with Crippen LogP contribution in [0.5, 0.6) is 0 Å². The molecule has 0 atom stereocenters. The molecule has 0 aliphatic carbocycles. The lowest BCUT2D eigenvalue weighted by molar-refractivity contribution is -0.384. The molecule has 0 fully saturated rings. The molecule has 17 heavy (non-hydrogen) atoms. The number of non-ortho nitro benzene ring substituents is 1. The summed E-state index contributed by atoms with van der Waals surface area (Å²) >= 11 is 0. The van der Waals surface area contributed by atoms with Crippen molar-refractivity contribution in [1.29, 1.82) is 0 Å². The summed E-state index contributed by atoms with van der Waals surface area (Å²) in [6.45, 7) is 0. The second kappa shape index (κ2) is 4.61. The lowest BCUT2D eigenvalue weighted by Gasteiger charge is -2.02. The fraction of sp³-hybridized carbons (Fsp3) is 0.0833. The van der Waals surface area contributed by atoms with Gasteiger partial charge in [-0.1, -0.05) is 12.1 Å². The molecule has 1 heterocycles. The van der Waals surface area contributed by atoms with Gasteiger partial charge < -0.3 is 0 Å². The molecule has 0 aliphatic rings. The van der Waals surface area contributed by atoms with Crippen molar-refractivity contribution in [2.75, 3.05) is 0 Å². The van der Waals surface area contributed by atoms with Crippen molar-refractivity contribution in [2.45, 2.75) is 6.42 Å². The number of hydrogen-bond acceptors (Lipinski definition) is 3. The first-order chi connectivity index (χ1) is 8.16. The highest BCUT2D eigenvalue weighted by Gasteiger charge is 2.09. The Morgan fingerprint density at radius 2 is 1.94 bits per heavy atom. The third kappa shape index (κ3) is 2.57. The molecule has 0 spiro atoms. The van der Waals surface area contributed by atoms with Crippen LogP contribution in [0.25, 0.3) is 0 Å². The number of hydrogen-bond donors (Lipinski definition) is 0. The largest absolute Gasteiger partial charge is 0.294 e. The number of benzene rings is 1. The molecule has 0 bridgehead atoms. The van der Waals surface area contributed by atoms with Crippen LogP contribution in [0, 0.1) is 10.1 Å². The highest BCUT2D eigenvalue weighted by molar-refractivity contribution is 5.81. The van der Waals surface area contributed by atoms with Crippen LogP contribution < -0.4 is 0 Å². The van der Waals surface area contributed by atoms with Crippen molar-refractivity contribution in [3.8, 4) is 0 Å². The van der Waals surface area contributed by atoms with E-state index in [1.54, 1.807) is 36.7 Å². The van der Waals surface area contributed by atoms with Crippen LogP contribution in [0.1, 0.15) is 10.4 Å². The number of rotatable bonds is 3. The minimum atomic E-state index is -0.469. The summed E-state index contributed by atoms with van der Waals surface area (Å²) in [5.41, 5.74) is 0.640. The Morgan fingerprint density at radius 1 is 1.24 bits per heavy atom. The van der Waals surface area contributed by atoms with Crippen molar-refractivity contribution in [1.82, 2.24) is 4.57 Å². The van der Waals surface area contributed by atoms with Crippen LogP contribution in [-0.4, -0.2) is 15.4 Å². The van der Waals surface area contributed by atoms with Gasteiger partial charge in [-0.2, -0.15) is 0 Å². The maximum Gasteiger partial charge on any atom is 0.269 e. The van der Waals surface area contributed by atoms with Crippen LogP contribution in [0.4, 0.5) is 5.69 Å². The molecular formula is C12H10N2O3. The first-order valence-corrected chi connectivity index (χ1v) is 5.06. The Morgan fingerprint density at radius 3 is 2.59 bits per heavy atom. The van der Waals surface area contributed by atoms with Crippen LogP contribution in [-0.2, 0) is 6.42 Å². The summed E-state index contributed by atoms with van der Waals surface area (Å²) in [6, 6.07) is 9.62. The predicted molar refractivity (Wildman–Crippen MR) is 61.9 cm³/mol. The summed E-state index contributed by atoms with van der Waals surface area (Å²) in [5.74, 6) is -0.115. The Hall–Kier alpha value is -2.43. The SMILES string of the molecule is O=C(Cc1cccc([N+](=O)[O-])c1)n1cccc1. The first kappa shape index (κ1) is 11.1. The number of nitrogens with zero attached hydrogens (tertiary/aromatic N) is 2. The molecule has 0 amide bonds. The van der Waals surface area contributed by atoms with Crippen molar-refractivity contribution in [3.63, 3.8) is 0 Å². The minimum Gasteiger partial charge on any atom is -0.294 e. The Kier molecular flexibility index (Phi) is 3.00. The van der Waals surface area contributed by atoms with Crippen LogP contribution >= 0.6 is 0 Å². The molecule has 0 unspecified atom stereocenters. The molecule has 1 aromatic carbocycles. The second-order valence-electron chi connectivity index (χ2n) is 3.59. The van der Waals surface area contributed by atoms with E-state index < -0.39 is 4.92 Å². The third-order valence-electron chi connectivity index (χ3n) is 2.37. The molecule has 1 aromatic heterocycles. The summed E-state index contributed by atoms with van der Waals surface area (Å²) < 4.78 is 1.46. The number of carbonyl (C=O) groups excluding carboxylic acids is 1. The van der Waals surface area contributed by atoms with Crippen molar-refractivity contribution in [2.24, 2.45) is 0 Å². The third-order valence-corrected chi connectivity index (χ3v) is 2.37. The Bertz CT molecular complexity index is 547. The molecule has 2 rings (SSSR count). The summed E-state index contributed by atoms with van der Waals surface area (Å²) in [6.07, 6.45) is 3.45. The van der Waals surface area contributed by atoms with E-state index in [9.17, 15) is 14.9 Å². The molecule has 2 aromatic rings. The van der Waals surface area contributed by atoms with Crippen LogP contribution in [0.15, 0.2) is 48.8 Å². The quantitative estimate of drug-likeness (QED) is 0.600. The highest BCUT2D eigenvalue weighted by atomic mass is 16.6. The van der Waals surface area contributed by atoms with Gasteiger partial charge in [-0.15, -0.1) is 0 Å². The maximum atomic E-state index is 11.7. The molecule has 0 saturated carbocycles. The van der Waals surface area contributed by atoms with Crippen molar-refractivity contribution >= 4 is 11.6 Å². The zero-order valence-corrected chi connectivity index (χ0v) is 8.95. The zero-order valence-electron chi connectivity index (χ0n) is 8.95. The van der Waals surface area contributed by atoms with Gasteiger partial charge in [-0.3, -0.25) is 19.5 Å². The molecule has 0 N–H and O–H groups in total. The van der Waals surface area contributed by atoms with E-state index >= 15 is 0 Å². The number of aromatic nitrogens is 1.